The summed E-state index contributed by atoms with van der Waals surface area (Å²) < 4.78 is 27.2. The van der Waals surface area contributed by atoms with Crippen molar-refractivity contribution in [1.82, 2.24) is 5.32 Å². The molecular formula is C26H28N4O3S2. The first kappa shape index (κ1) is 24.9. The molecule has 1 aliphatic heterocycles. The first-order valence-electron chi connectivity index (χ1n) is 11.2. The number of carbonyl (C=O) groups excluding carboxylic acids is 1. The molecule has 0 fully saturated rings. The van der Waals surface area contributed by atoms with Gasteiger partial charge in [-0.05, 0) is 76.1 Å². The van der Waals surface area contributed by atoms with Gasteiger partial charge in [0.15, 0.2) is 0 Å². The van der Waals surface area contributed by atoms with E-state index in [-0.39, 0.29) is 16.0 Å². The van der Waals surface area contributed by atoms with Crippen molar-refractivity contribution < 1.29 is 13.2 Å². The Kier molecular flexibility index (Phi) is 6.26. The van der Waals surface area contributed by atoms with Crippen LogP contribution in [0.5, 0.6) is 0 Å². The fourth-order valence-electron chi connectivity index (χ4n) is 4.62. The summed E-state index contributed by atoms with van der Waals surface area (Å²) in [6.07, 6.45) is 0.683. The highest BCUT2D eigenvalue weighted by Gasteiger charge is 2.40. The third kappa shape index (κ3) is 4.69. The van der Waals surface area contributed by atoms with Gasteiger partial charge < -0.3 is 10.6 Å². The zero-order valence-corrected chi connectivity index (χ0v) is 22.0. The molecular weight excluding hydrogens is 480 g/mol. The lowest BCUT2D eigenvalue weighted by Gasteiger charge is -2.42. The molecule has 7 nitrogen and oxygen atoms in total. The van der Waals surface area contributed by atoms with Crippen LogP contribution in [0.4, 0.5) is 10.7 Å². The molecule has 1 aliphatic rings. The molecule has 0 bridgehead atoms. The fourth-order valence-corrected chi connectivity index (χ4v) is 7.04. The van der Waals surface area contributed by atoms with E-state index < -0.39 is 15.9 Å². The molecule has 3 aromatic rings. The molecule has 1 aromatic heterocycles. The van der Waals surface area contributed by atoms with Crippen molar-refractivity contribution in [2.24, 2.45) is 0 Å². The molecule has 0 saturated heterocycles. The summed E-state index contributed by atoms with van der Waals surface area (Å²) in [6, 6.07) is 16.9. The number of anilines is 2. The van der Waals surface area contributed by atoms with E-state index in [1.807, 2.05) is 6.07 Å². The van der Waals surface area contributed by atoms with Crippen LogP contribution in [0.1, 0.15) is 54.1 Å². The van der Waals surface area contributed by atoms with Crippen LogP contribution >= 0.6 is 11.3 Å². The molecule has 2 heterocycles. The van der Waals surface area contributed by atoms with Gasteiger partial charge in [0.05, 0.1) is 16.1 Å². The average molecular weight is 509 g/mol. The van der Waals surface area contributed by atoms with Crippen molar-refractivity contribution in [2.45, 2.75) is 50.1 Å². The Labute approximate surface area is 210 Å². The third-order valence-electron chi connectivity index (χ3n) is 6.08. The van der Waals surface area contributed by atoms with E-state index in [0.29, 0.717) is 28.2 Å². The molecule has 0 spiro atoms. The smallest absolute Gasteiger partial charge is 0.264 e. The van der Waals surface area contributed by atoms with Crippen LogP contribution in [0.25, 0.3) is 0 Å². The first-order valence-corrected chi connectivity index (χ1v) is 13.4. The number of para-hydroxylation sites is 1. The third-order valence-corrected chi connectivity index (χ3v) is 9.35. The zero-order chi connectivity index (χ0) is 25.6. The predicted molar refractivity (Wildman–Crippen MR) is 139 cm³/mol. The van der Waals surface area contributed by atoms with Gasteiger partial charge in [0.25, 0.3) is 15.9 Å². The number of amides is 1. The number of sulfonamides is 1. The molecule has 0 atom stereocenters. The van der Waals surface area contributed by atoms with Gasteiger partial charge in [-0.25, -0.2) is 8.42 Å². The maximum absolute atomic E-state index is 13.0. The highest BCUT2D eigenvalue weighted by molar-refractivity contribution is 7.92. The van der Waals surface area contributed by atoms with Crippen molar-refractivity contribution in [2.75, 3.05) is 16.7 Å². The lowest BCUT2D eigenvalue weighted by molar-refractivity contribution is 0.102. The predicted octanol–water partition coefficient (Wildman–Crippen LogP) is 4.86. The van der Waals surface area contributed by atoms with Crippen LogP contribution in [0.15, 0.2) is 59.5 Å². The molecule has 0 unspecified atom stereocenters. The van der Waals surface area contributed by atoms with Crippen molar-refractivity contribution >= 4 is 38.0 Å². The molecule has 182 valence electrons. The summed E-state index contributed by atoms with van der Waals surface area (Å²) in [5.74, 6) is -0.398. The number of benzene rings is 2. The minimum absolute atomic E-state index is 0.0831. The number of hydrogen-bond donors (Lipinski definition) is 2. The molecule has 9 heteroatoms. The van der Waals surface area contributed by atoms with Crippen LogP contribution in [0.2, 0.25) is 0 Å². The van der Waals surface area contributed by atoms with Crippen molar-refractivity contribution in [3.05, 3.63) is 76.2 Å². The number of nitrogens with one attached hydrogen (secondary N) is 2. The summed E-state index contributed by atoms with van der Waals surface area (Å²) in [4.78, 5) is 14.1. The number of rotatable bonds is 5. The monoisotopic (exact) mass is 508 g/mol. The SMILES string of the molecule is CN(c1ccccc1)S(=O)(=O)c1ccc(C(=O)Nc2sc3c(c2C#N)CC(C)(C)NC3(C)C)cc1. The number of thiophene rings is 1. The Morgan fingerprint density at radius 1 is 1.09 bits per heavy atom. The Hall–Kier alpha value is -3.19. The highest BCUT2D eigenvalue weighted by Crippen LogP contribution is 2.44. The number of carbonyl (C=O) groups is 1. The molecule has 35 heavy (non-hydrogen) atoms. The second kappa shape index (κ2) is 8.79. The van der Waals surface area contributed by atoms with Crippen LogP contribution in [0, 0.1) is 11.3 Å². The van der Waals surface area contributed by atoms with Gasteiger partial charge in [0.2, 0.25) is 0 Å². The van der Waals surface area contributed by atoms with Crippen molar-refractivity contribution in [1.29, 1.82) is 5.26 Å². The normalized spacial score (nSPS) is 16.1. The molecule has 0 radical (unpaired) electrons. The van der Waals surface area contributed by atoms with Crippen LogP contribution in [-0.4, -0.2) is 26.9 Å². The molecule has 0 aliphatic carbocycles. The molecule has 2 aromatic carbocycles. The van der Waals surface area contributed by atoms with E-state index in [1.165, 1.54) is 47.0 Å². The topological polar surface area (TPSA) is 102 Å². The van der Waals surface area contributed by atoms with Crippen molar-refractivity contribution in [3.8, 4) is 6.07 Å². The van der Waals surface area contributed by atoms with Gasteiger partial charge >= 0.3 is 0 Å². The molecule has 4 rings (SSSR count). The van der Waals surface area contributed by atoms with E-state index >= 15 is 0 Å². The van der Waals surface area contributed by atoms with Crippen LogP contribution in [0.3, 0.4) is 0 Å². The van der Waals surface area contributed by atoms with Crippen molar-refractivity contribution in [3.63, 3.8) is 0 Å². The van der Waals surface area contributed by atoms with Crippen LogP contribution in [-0.2, 0) is 22.0 Å². The standard InChI is InChI=1S/C26H28N4O3S2/c1-25(2)15-20-21(16-27)24(34-22(20)26(3,4)29-25)28-23(31)17-11-13-19(14-12-17)35(32,33)30(5)18-9-7-6-8-10-18/h6-14,29H,15H2,1-5H3,(H,28,31). The second-order valence-electron chi connectivity index (χ2n) is 9.82. The highest BCUT2D eigenvalue weighted by atomic mass is 32.2. The summed E-state index contributed by atoms with van der Waals surface area (Å²) in [6.45, 7) is 8.34. The first-order chi connectivity index (χ1) is 16.4. The zero-order valence-electron chi connectivity index (χ0n) is 20.3. The summed E-state index contributed by atoms with van der Waals surface area (Å²) in [5, 5.41) is 16.9. The molecule has 2 N–H and O–H groups in total. The maximum atomic E-state index is 13.0. The van der Waals surface area contributed by atoms with Gasteiger partial charge in [0.1, 0.15) is 11.1 Å². The second-order valence-corrected chi connectivity index (χ2v) is 12.8. The number of nitrogens with zero attached hydrogens (tertiary/aromatic N) is 2. The van der Waals surface area contributed by atoms with E-state index in [2.05, 4.69) is 44.4 Å². The van der Waals surface area contributed by atoms with Crippen LogP contribution < -0.4 is 14.9 Å². The van der Waals surface area contributed by atoms with E-state index in [1.54, 1.807) is 24.3 Å². The van der Waals surface area contributed by atoms with Gasteiger partial charge in [-0.2, -0.15) is 5.26 Å². The molecule has 0 saturated carbocycles. The maximum Gasteiger partial charge on any atom is 0.264 e. The Bertz CT molecular complexity index is 1420. The lowest BCUT2D eigenvalue weighted by atomic mass is 9.81. The minimum Gasteiger partial charge on any atom is -0.312 e. The summed E-state index contributed by atoms with van der Waals surface area (Å²) in [5.41, 5.74) is 1.78. The largest absolute Gasteiger partial charge is 0.312 e. The van der Waals surface area contributed by atoms with E-state index in [0.717, 1.165) is 10.4 Å². The minimum atomic E-state index is -3.78. The Morgan fingerprint density at radius 2 is 1.71 bits per heavy atom. The summed E-state index contributed by atoms with van der Waals surface area (Å²) >= 11 is 1.41. The number of hydrogen-bond acceptors (Lipinski definition) is 6. The average Bonchev–Trinajstić information content (AvgIpc) is 3.15. The van der Waals surface area contributed by atoms with Gasteiger partial charge in [-0.15, -0.1) is 11.3 Å². The number of fused-ring (bicyclic) bond motifs is 1. The molecule has 1 amide bonds. The van der Waals surface area contributed by atoms with Gasteiger partial charge in [0, 0.05) is 28.6 Å². The van der Waals surface area contributed by atoms with E-state index in [9.17, 15) is 18.5 Å². The Morgan fingerprint density at radius 3 is 2.31 bits per heavy atom. The number of nitriles is 1. The summed E-state index contributed by atoms with van der Waals surface area (Å²) in [7, 11) is -2.29. The Balaban J connectivity index is 1.59. The van der Waals surface area contributed by atoms with E-state index in [4.69, 9.17) is 0 Å². The fraction of sp³-hybridized carbons (Fsp3) is 0.308. The van der Waals surface area contributed by atoms with Gasteiger partial charge in [-0.1, -0.05) is 18.2 Å². The van der Waals surface area contributed by atoms with Gasteiger partial charge in [-0.3, -0.25) is 9.10 Å². The lowest BCUT2D eigenvalue weighted by Crippen LogP contribution is -2.54. The quantitative estimate of drug-likeness (QED) is 0.513.